The molecule has 0 aliphatic heterocycles. The molecule has 160 valence electrons. The topological polar surface area (TPSA) is 113 Å². The fourth-order valence-corrected chi connectivity index (χ4v) is 3.36. The minimum Gasteiger partial charge on any atom is -0.508 e. The van der Waals surface area contributed by atoms with Crippen molar-refractivity contribution >= 4 is 17.6 Å². The molecule has 0 aromatic heterocycles. The second-order valence-electron chi connectivity index (χ2n) is 7.48. The zero-order valence-electron chi connectivity index (χ0n) is 17.1. The maximum atomic E-state index is 12.8. The summed E-state index contributed by atoms with van der Waals surface area (Å²) in [4.78, 5) is 24.4. The van der Waals surface area contributed by atoms with Crippen molar-refractivity contribution in [2.45, 2.75) is 31.7 Å². The van der Waals surface area contributed by atoms with Crippen LogP contribution in [0.1, 0.15) is 33.5 Å². The molecule has 0 saturated carbocycles. The first-order valence-electron chi connectivity index (χ1n) is 10.2. The van der Waals surface area contributed by atoms with E-state index in [1.807, 2.05) is 48.5 Å². The Morgan fingerprint density at radius 1 is 0.839 bits per heavy atom. The first-order chi connectivity index (χ1) is 14.9. The number of hydrogen-bond donors (Lipinski definition) is 4. The molecule has 3 rings (SSSR count). The third kappa shape index (κ3) is 6.34. The van der Waals surface area contributed by atoms with Gasteiger partial charge in [-0.05, 0) is 66.6 Å². The lowest BCUT2D eigenvalue weighted by atomic mass is 10.0. The lowest BCUT2D eigenvalue weighted by Crippen LogP contribution is -2.41. The monoisotopic (exact) mass is 418 g/mol. The first kappa shape index (κ1) is 21.9. The van der Waals surface area contributed by atoms with E-state index in [1.165, 1.54) is 0 Å². The van der Waals surface area contributed by atoms with E-state index in [2.05, 4.69) is 5.32 Å². The number of anilines is 1. The van der Waals surface area contributed by atoms with Crippen molar-refractivity contribution in [1.82, 2.24) is 5.32 Å². The normalized spacial score (nSPS) is 11.6. The molecule has 0 aliphatic carbocycles. The molecular weight excluding hydrogens is 392 g/mol. The van der Waals surface area contributed by atoms with Crippen LogP contribution in [0.2, 0.25) is 0 Å². The average Bonchev–Trinajstić information content (AvgIpc) is 2.77. The number of benzene rings is 3. The lowest BCUT2D eigenvalue weighted by Gasteiger charge is -2.16. The summed E-state index contributed by atoms with van der Waals surface area (Å²) in [6.07, 6.45) is 2.24. The van der Waals surface area contributed by atoms with Crippen LogP contribution in [0.15, 0.2) is 72.8 Å². The van der Waals surface area contributed by atoms with Gasteiger partial charge in [0.2, 0.25) is 0 Å². The van der Waals surface area contributed by atoms with Gasteiger partial charge in [0.15, 0.2) is 0 Å². The quantitative estimate of drug-likeness (QED) is 0.397. The van der Waals surface area contributed by atoms with Crippen molar-refractivity contribution in [3.63, 3.8) is 0 Å². The smallest absolute Gasteiger partial charge is 0.326 e. The number of nitrogen functional groups attached to an aromatic ring is 1. The molecule has 0 unspecified atom stereocenters. The molecule has 0 spiro atoms. The van der Waals surface area contributed by atoms with Crippen LogP contribution in [0.3, 0.4) is 0 Å². The van der Waals surface area contributed by atoms with Crippen molar-refractivity contribution in [2.75, 3.05) is 5.73 Å². The maximum Gasteiger partial charge on any atom is 0.326 e. The number of nitrogens with one attached hydrogen (secondary N) is 1. The van der Waals surface area contributed by atoms with Crippen molar-refractivity contribution in [3.05, 3.63) is 95.1 Å². The predicted octanol–water partition coefficient (Wildman–Crippen LogP) is 3.58. The molecule has 0 fully saturated rings. The van der Waals surface area contributed by atoms with Gasteiger partial charge in [-0.3, -0.25) is 4.79 Å². The van der Waals surface area contributed by atoms with Crippen LogP contribution in [-0.4, -0.2) is 28.1 Å². The van der Waals surface area contributed by atoms with Crippen LogP contribution in [0.25, 0.3) is 0 Å². The summed E-state index contributed by atoms with van der Waals surface area (Å²) in [7, 11) is 0. The van der Waals surface area contributed by atoms with Crippen molar-refractivity contribution in [3.8, 4) is 5.75 Å². The van der Waals surface area contributed by atoms with E-state index in [-0.39, 0.29) is 17.7 Å². The molecule has 0 heterocycles. The minimum atomic E-state index is -1.08. The maximum absolute atomic E-state index is 12.8. The number of aromatic hydroxyl groups is 1. The highest BCUT2D eigenvalue weighted by Crippen LogP contribution is 2.18. The molecule has 3 aromatic carbocycles. The molecule has 1 amide bonds. The Balaban J connectivity index is 1.65. The summed E-state index contributed by atoms with van der Waals surface area (Å²) < 4.78 is 0. The van der Waals surface area contributed by atoms with E-state index in [4.69, 9.17) is 5.73 Å². The number of carboxylic acid groups (broad SMARTS) is 1. The fraction of sp³-hybridized carbons (Fsp3) is 0.200. The molecule has 0 saturated heterocycles. The first-order valence-corrected chi connectivity index (χ1v) is 10.2. The van der Waals surface area contributed by atoms with Gasteiger partial charge < -0.3 is 21.3 Å². The third-order valence-corrected chi connectivity index (χ3v) is 5.17. The van der Waals surface area contributed by atoms with Gasteiger partial charge in [0.05, 0.1) is 5.56 Å². The standard InChI is InChI=1S/C25H26N2O4/c26-22-14-10-19(7-6-18-8-12-20(28)13-9-18)16-21(22)24(29)27-23(25(30)31)15-11-17-4-2-1-3-5-17/h1-5,8-10,12-14,16,23,28H,6-7,11,15,26H2,(H,27,29)(H,30,31)/t23-/m0/s1. The fourth-order valence-electron chi connectivity index (χ4n) is 3.36. The number of phenolic OH excluding ortho intramolecular Hbond substituents is 1. The predicted molar refractivity (Wildman–Crippen MR) is 120 cm³/mol. The number of carbonyl (C=O) groups excluding carboxylic acids is 1. The summed E-state index contributed by atoms with van der Waals surface area (Å²) in [5.41, 5.74) is 9.57. The van der Waals surface area contributed by atoms with E-state index >= 15 is 0 Å². The van der Waals surface area contributed by atoms with Gasteiger partial charge >= 0.3 is 5.97 Å². The Morgan fingerprint density at radius 3 is 2.13 bits per heavy atom. The highest BCUT2D eigenvalue weighted by atomic mass is 16.4. The van der Waals surface area contributed by atoms with Gasteiger partial charge in [0, 0.05) is 5.69 Å². The van der Waals surface area contributed by atoms with Crippen LogP contribution >= 0.6 is 0 Å². The Hall–Kier alpha value is -3.80. The largest absolute Gasteiger partial charge is 0.508 e. The van der Waals surface area contributed by atoms with Gasteiger partial charge in [-0.15, -0.1) is 0 Å². The molecule has 6 nitrogen and oxygen atoms in total. The highest BCUT2D eigenvalue weighted by molar-refractivity contribution is 6.01. The molecule has 0 bridgehead atoms. The molecule has 6 heteroatoms. The number of amides is 1. The van der Waals surface area contributed by atoms with Crippen LogP contribution in [-0.2, 0) is 24.1 Å². The number of nitrogens with two attached hydrogens (primary N) is 1. The summed E-state index contributed by atoms with van der Waals surface area (Å²) in [6, 6.07) is 20.8. The lowest BCUT2D eigenvalue weighted by molar-refractivity contribution is -0.139. The summed E-state index contributed by atoms with van der Waals surface area (Å²) >= 11 is 0. The average molecular weight is 418 g/mol. The summed E-state index contributed by atoms with van der Waals surface area (Å²) in [5.74, 6) is -1.36. The van der Waals surface area contributed by atoms with Crippen molar-refractivity contribution in [1.29, 1.82) is 0 Å². The molecule has 3 aromatic rings. The molecule has 0 radical (unpaired) electrons. The van der Waals surface area contributed by atoms with Crippen LogP contribution in [0.4, 0.5) is 5.69 Å². The number of rotatable bonds is 9. The molecule has 0 aliphatic rings. The van der Waals surface area contributed by atoms with E-state index in [9.17, 15) is 19.8 Å². The Bertz CT molecular complexity index is 1030. The number of phenols is 1. The second kappa shape index (κ2) is 10.3. The van der Waals surface area contributed by atoms with E-state index < -0.39 is 17.9 Å². The number of aryl methyl sites for hydroxylation is 3. The molecular formula is C25H26N2O4. The van der Waals surface area contributed by atoms with Crippen molar-refractivity contribution < 1.29 is 19.8 Å². The Labute approximate surface area is 181 Å². The van der Waals surface area contributed by atoms with Gasteiger partial charge in [0.1, 0.15) is 11.8 Å². The highest BCUT2D eigenvalue weighted by Gasteiger charge is 2.22. The van der Waals surface area contributed by atoms with E-state index in [0.717, 1.165) is 23.1 Å². The van der Waals surface area contributed by atoms with Crippen LogP contribution in [0.5, 0.6) is 5.75 Å². The van der Waals surface area contributed by atoms with E-state index in [1.54, 1.807) is 24.3 Å². The van der Waals surface area contributed by atoms with Crippen LogP contribution in [0, 0.1) is 0 Å². The third-order valence-electron chi connectivity index (χ3n) is 5.17. The van der Waals surface area contributed by atoms with Gasteiger partial charge in [-0.25, -0.2) is 4.79 Å². The van der Waals surface area contributed by atoms with Gasteiger partial charge in [0.25, 0.3) is 5.91 Å². The van der Waals surface area contributed by atoms with E-state index in [0.29, 0.717) is 18.5 Å². The van der Waals surface area contributed by atoms with Crippen molar-refractivity contribution in [2.24, 2.45) is 0 Å². The van der Waals surface area contributed by atoms with Crippen LogP contribution < -0.4 is 11.1 Å². The SMILES string of the molecule is Nc1ccc(CCc2ccc(O)cc2)cc1C(=O)N[C@@H](CCc1ccccc1)C(=O)O. The number of carbonyl (C=O) groups is 2. The molecule has 31 heavy (non-hydrogen) atoms. The van der Waals surface area contributed by atoms with Gasteiger partial charge in [-0.2, -0.15) is 0 Å². The Morgan fingerprint density at radius 2 is 1.45 bits per heavy atom. The summed E-state index contributed by atoms with van der Waals surface area (Å²) in [6.45, 7) is 0. The minimum absolute atomic E-state index is 0.218. The summed E-state index contributed by atoms with van der Waals surface area (Å²) in [5, 5.41) is 21.5. The number of aliphatic carboxylic acids is 1. The molecule has 1 atom stereocenters. The zero-order valence-corrected chi connectivity index (χ0v) is 17.1. The molecule has 5 N–H and O–H groups in total. The Kier molecular flexibility index (Phi) is 7.27. The number of hydrogen-bond acceptors (Lipinski definition) is 4. The second-order valence-corrected chi connectivity index (χ2v) is 7.48. The van der Waals surface area contributed by atoms with Gasteiger partial charge in [-0.1, -0.05) is 48.5 Å². The number of carboxylic acids is 1. The zero-order chi connectivity index (χ0) is 22.2.